The van der Waals surface area contributed by atoms with Crippen LogP contribution in [0.4, 0.5) is 0 Å². The van der Waals surface area contributed by atoms with Crippen molar-refractivity contribution in [1.82, 2.24) is 0 Å². The van der Waals surface area contributed by atoms with E-state index in [0.29, 0.717) is 13.2 Å². The summed E-state index contributed by atoms with van der Waals surface area (Å²) in [5.41, 5.74) is 0. The van der Waals surface area contributed by atoms with Gasteiger partial charge in [0.2, 0.25) is 0 Å². The summed E-state index contributed by atoms with van der Waals surface area (Å²) >= 11 is 0. The van der Waals surface area contributed by atoms with Crippen LogP contribution in [0.3, 0.4) is 0 Å². The summed E-state index contributed by atoms with van der Waals surface area (Å²) in [5.74, 6) is 1.56. The molecule has 0 saturated carbocycles. The van der Waals surface area contributed by atoms with Gasteiger partial charge in [0.15, 0.2) is 0 Å². The van der Waals surface area contributed by atoms with Crippen LogP contribution in [-0.4, -0.2) is 13.2 Å². The Kier molecular flexibility index (Phi) is 15.1. The van der Waals surface area contributed by atoms with E-state index in [1.165, 1.54) is 25.7 Å². The number of hydrogen-bond donors (Lipinski definition) is 0. The molecule has 122 valence electrons. The fraction of sp³-hybridized carbons (Fsp3) is 1.00. The van der Waals surface area contributed by atoms with Gasteiger partial charge in [0.25, 0.3) is 0 Å². The van der Waals surface area contributed by atoms with Gasteiger partial charge in [-0.1, -0.05) is 66.2 Å². The average molecular weight is 290 g/mol. The van der Waals surface area contributed by atoms with Crippen LogP contribution in [0.5, 0.6) is 0 Å². The van der Waals surface area contributed by atoms with Gasteiger partial charge < -0.3 is 0 Å². The van der Waals surface area contributed by atoms with Gasteiger partial charge >= 0.3 is 0 Å². The predicted octanol–water partition coefficient (Wildman–Crippen LogP) is 5.23. The maximum atomic E-state index is 4.85. The number of unbranched alkanes of at least 4 members (excludes halogenated alkanes) is 4. The third kappa shape index (κ3) is 17.8. The zero-order chi connectivity index (χ0) is 15.1. The van der Waals surface area contributed by atoms with Crippen molar-refractivity contribution in [1.29, 1.82) is 0 Å². The molecule has 4 heteroatoms. The summed E-state index contributed by atoms with van der Waals surface area (Å²) in [6, 6.07) is 0. The topological polar surface area (TPSA) is 36.9 Å². The molecule has 0 saturated heterocycles. The first-order valence-corrected chi connectivity index (χ1v) is 8.20. The summed E-state index contributed by atoms with van der Waals surface area (Å²) in [5, 5.41) is 8.97. The minimum absolute atomic E-state index is 0.551. The van der Waals surface area contributed by atoms with E-state index in [-0.39, 0.29) is 0 Å². The van der Waals surface area contributed by atoms with Crippen LogP contribution in [0.25, 0.3) is 0 Å². The van der Waals surface area contributed by atoms with E-state index < -0.39 is 0 Å². The molecule has 0 unspecified atom stereocenters. The zero-order valence-electron chi connectivity index (χ0n) is 13.9. The van der Waals surface area contributed by atoms with Crippen molar-refractivity contribution >= 4 is 0 Å². The molecule has 0 atom stereocenters. The molecule has 0 aromatic carbocycles. The van der Waals surface area contributed by atoms with E-state index in [0.717, 1.165) is 37.5 Å². The molecule has 4 nitrogen and oxygen atoms in total. The third-order valence-corrected chi connectivity index (χ3v) is 3.14. The summed E-state index contributed by atoms with van der Waals surface area (Å²) in [6.45, 7) is 10.1. The minimum atomic E-state index is 0.551. The van der Waals surface area contributed by atoms with E-state index in [1.807, 2.05) is 0 Å². The first-order valence-electron chi connectivity index (χ1n) is 8.20. The normalized spacial score (nSPS) is 11.7. The van der Waals surface area contributed by atoms with Crippen molar-refractivity contribution in [3.8, 4) is 0 Å². The molecule has 0 amide bonds. The Labute approximate surface area is 124 Å². The van der Waals surface area contributed by atoms with Gasteiger partial charge in [-0.25, -0.2) is 9.78 Å². The van der Waals surface area contributed by atoms with Crippen LogP contribution in [-0.2, 0) is 19.9 Å². The van der Waals surface area contributed by atoms with Gasteiger partial charge in [-0.05, 0) is 34.8 Å². The second-order valence-electron chi connectivity index (χ2n) is 6.27. The number of rotatable bonds is 15. The van der Waals surface area contributed by atoms with E-state index >= 15 is 0 Å². The molecule has 0 fully saturated rings. The second-order valence-corrected chi connectivity index (χ2v) is 6.27. The molecule has 0 aliphatic heterocycles. The highest BCUT2D eigenvalue weighted by molar-refractivity contribution is 4.47. The van der Waals surface area contributed by atoms with Gasteiger partial charge in [-0.3, -0.25) is 0 Å². The Bertz CT molecular complexity index is 163. The van der Waals surface area contributed by atoms with Gasteiger partial charge in [-0.15, -0.1) is 0 Å². The van der Waals surface area contributed by atoms with Crippen molar-refractivity contribution < 1.29 is 19.9 Å². The Balaban J connectivity index is 2.96. The quantitative estimate of drug-likeness (QED) is 0.235. The van der Waals surface area contributed by atoms with Gasteiger partial charge in [0, 0.05) is 0 Å². The van der Waals surface area contributed by atoms with Crippen molar-refractivity contribution in [2.24, 2.45) is 11.8 Å². The lowest BCUT2D eigenvalue weighted by molar-refractivity contribution is -0.634. The molecule has 0 heterocycles. The van der Waals surface area contributed by atoms with Crippen molar-refractivity contribution in [3.05, 3.63) is 0 Å². The van der Waals surface area contributed by atoms with Crippen LogP contribution in [0.2, 0.25) is 0 Å². The van der Waals surface area contributed by atoms with Crippen molar-refractivity contribution in [2.75, 3.05) is 13.2 Å². The lowest BCUT2D eigenvalue weighted by Gasteiger charge is -2.05. The lowest BCUT2D eigenvalue weighted by Crippen LogP contribution is -2.01. The minimum Gasteiger partial charge on any atom is -0.204 e. The first kappa shape index (κ1) is 19.8. The summed E-state index contributed by atoms with van der Waals surface area (Å²) in [7, 11) is 0. The SMILES string of the molecule is CC(C)CCCCCOOOOCCCCCC(C)C. The molecule has 0 N–H and O–H groups in total. The molecular weight excluding hydrogens is 256 g/mol. The van der Waals surface area contributed by atoms with E-state index in [4.69, 9.17) is 9.78 Å². The summed E-state index contributed by atoms with van der Waals surface area (Å²) in [4.78, 5) is 9.71. The van der Waals surface area contributed by atoms with Crippen LogP contribution in [0.1, 0.15) is 79.1 Å². The van der Waals surface area contributed by atoms with E-state index in [2.05, 4.69) is 37.8 Å². The first-order chi connectivity index (χ1) is 9.63. The third-order valence-electron chi connectivity index (χ3n) is 3.14. The van der Waals surface area contributed by atoms with Crippen LogP contribution >= 0.6 is 0 Å². The standard InChI is InChI=1S/C16H34O4/c1-15(2)11-7-5-9-13-17-19-20-18-14-10-6-8-12-16(3)4/h15-16H,5-14H2,1-4H3. The smallest absolute Gasteiger partial charge is 0.0854 e. The maximum Gasteiger partial charge on any atom is 0.0854 e. The van der Waals surface area contributed by atoms with Crippen LogP contribution < -0.4 is 0 Å². The Morgan fingerprint density at radius 2 is 0.950 bits per heavy atom. The van der Waals surface area contributed by atoms with Gasteiger partial charge in [-0.2, -0.15) is 0 Å². The monoisotopic (exact) mass is 290 g/mol. The molecule has 0 aliphatic carbocycles. The van der Waals surface area contributed by atoms with E-state index in [1.54, 1.807) is 0 Å². The molecule has 0 aromatic heterocycles. The maximum absolute atomic E-state index is 4.85. The molecular formula is C16H34O4. The fourth-order valence-electron chi connectivity index (χ4n) is 1.89. The summed E-state index contributed by atoms with van der Waals surface area (Å²) < 4.78 is 0. The van der Waals surface area contributed by atoms with Crippen molar-refractivity contribution in [2.45, 2.75) is 79.1 Å². The molecule has 0 aliphatic rings. The predicted molar refractivity (Wildman–Crippen MR) is 80.7 cm³/mol. The largest absolute Gasteiger partial charge is 0.204 e. The highest BCUT2D eigenvalue weighted by Crippen LogP contribution is 2.09. The highest BCUT2D eigenvalue weighted by atomic mass is 17.7. The van der Waals surface area contributed by atoms with Gasteiger partial charge in [0.05, 0.1) is 13.2 Å². The highest BCUT2D eigenvalue weighted by Gasteiger charge is 1.97. The van der Waals surface area contributed by atoms with Crippen molar-refractivity contribution in [3.63, 3.8) is 0 Å². The molecule has 0 bridgehead atoms. The Hall–Kier alpha value is -0.160. The Morgan fingerprint density at radius 3 is 1.30 bits per heavy atom. The van der Waals surface area contributed by atoms with Crippen LogP contribution in [0.15, 0.2) is 0 Å². The fourth-order valence-corrected chi connectivity index (χ4v) is 1.89. The summed E-state index contributed by atoms with van der Waals surface area (Å²) in [6.07, 6.45) is 9.35. The molecule has 0 rings (SSSR count). The molecule has 20 heavy (non-hydrogen) atoms. The molecule has 0 aromatic rings. The van der Waals surface area contributed by atoms with Gasteiger partial charge in [0.1, 0.15) is 0 Å². The number of hydrogen-bond acceptors (Lipinski definition) is 4. The molecule has 0 spiro atoms. The van der Waals surface area contributed by atoms with E-state index in [9.17, 15) is 0 Å². The zero-order valence-corrected chi connectivity index (χ0v) is 13.9. The Morgan fingerprint density at radius 1 is 0.550 bits per heavy atom. The lowest BCUT2D eigenvalue weighted by atomic mass is 10.1. The average Bonchev–Trinajstić information content (AvgIpc) is 2.38. The second kappa shape index (κ2) is 15.2. The van der Waals surface area contributed by atoms with Crippen LogP contribution in [0, 0.1) is 11.8 Å². The molecule has 0 radical (unpaired) electrons.